The van der Waals surface area contributed by atoms with E-state index in [0.717, 1.165) is 16.7 Å². The van der Waals surface area contributed by atoms with Gasteiger partial charge in [0, 0.05) is 37.5 Å². The van der Waals surface area contributed by atoms with Gasteiger partial charge in [-0.05, 0) is 30.7 Å². The fraction of sp³-hybridized carbons (Fsp3) is 0.412. The van der Waals surface area contributed by atoms with E-state index >= 15 is 0 Å². The number of rotatable bonds is 6. The van der Waals surface area contributed by atoms with Gasteiger partial charge in [-0.25, -0.2) is 0 Å². The molecule has 0 bridgehead atoms. The molecule has 0 spiro atoms. The first kappa shape index (κ1) is 16.2. The summed E-state index contributed by atoms with van der Waals surface area (Å²) in [6.07, 6.45) is 0.337. The zero-order valence-corrected chi connectivity index (χ0v) is 13.3. The number of ether oxygens (including phenoxy) is 3. The molecule has 0 N–H and O–H groups in total. The van der Waals surface area contributed by atoms with Gasteiger partial charge in [0.05, 0.1) is 13.7 Å². The molecule has 0 saturated carbocycles. The van der Waals surface area contributed by atoms with Gasteiger partial charge in [0.2, 0.25) is 0 Å². The van der Waals surface area contributed by atoms with Crippen LogP contribution in [0.3, 0.4) is 0 Å². The van der Waals surface area contributed by atoms with Gasteiger partial charge in [0.15, 0.2) is 0 Å². The number of ketones is 1. The Morgan fingerprint density at radius 1 is 1.18 bits per heavy atom. The fourth-order valence-corrected chi connectivity index (χ4v) is 2.79. The van der Waals surface area contributed by atoms with E-state index in [4.69, 9.17) is 14.2 Å². The van der Waals surface area contributed by atoms with Gasteiger partial charge < -0.3 is 14.2 Å². The average molecular weight is 304 g/mol. The number of esters is 1. The maximum atomic E-state index is 11.6. The third kappa shape index (κ3) is 3.20. The fourth-order valence-electron chi connectivity index (χ4n) is 2.79. The molecule has 1 unspecified atom stereocenters. The van der Waals surface area contributed by atoms with E-state index in [9.17, 15) is 9.59 Å². The predicted octanol–water partition coefficient (Wildman–Crippen LogP) is 2.69. The molecule has 0 fully saturated rings. The smallest absolute Gasteiger partial charge is 0.308 e. The molecule has 0 amide bonds. The summed E-state index contributed by atoms with van der Waals surface area (Å²) in [4.78, 5) is 23.1. The quantitative estimate of drug-likeness (QED) is 0.756. The topological polar surface area (TPSA) is 61.8 Å². The van der Waals surface area contributed by atoms with Gasteiger partial charge in [-0.2, -0.15) is 0 Å². The van der Waals surface area contributed by atoms with Gasteiger partial charge in [-0.15, -0.1) is 0 Å². The Hall–Kier alpha value is -2.14. The maximum Gasteiger partial charge on any atom is 0.308 e. The second kappa shape index (κ2) is 6.75. The number of carbonyl (C=O) groups excluding carboxylic acids is 2. The van der Waals surface area contributed by atoms with Crippen molar-refractivity contribution in [3.8, 4) is 5.75 Å². The Morgan fingerprint density at radius 3 is 2.45 bits per heavy atom. The highest BCUT2D eigenvalue weighted by molar-refractivity contribution is 5.85. The highest BCUT2D eigenvalue weighted by atomic mass is 16.5. The zero-order chi connectivity index (χ0) is 16.3. The largest absolute Gasteiger partial charge is 0.497 e. The van der Waals surface area contributed by atoms with Gasteiger partial charge in [0.1, 0.15) is 17.3 Å². The standard InChI is InChI=1S/C17H20O5/c1-10(18)7-14-15-8-12(21-4)5-6-13(15)17(22-11(2)19)16(14)9-20-3/h5-6,8,14H,7,9H2,1-4H3. The van der Waals surface area contributed by atoms with E-state index < -0.39 is 5.97 Å². The molecule has 0 aromatic heterocycles. The lowest BCUT2D eigenvalue weighted by atomic mass is 9.91. The molecule has 0 saturated heterocycles. The SMILES string of the molecule is COCC1=C(OC(C)=O)c2ccc(OC)cc2C1CC(C)=O. The summed E-state index contributed by atoms with van der Waals surface area (Å²) in [5, 5.41) is 0. The van der Waals surface area contributed by atoms with E-state index in [1.165, 1.54) is 6.92 Å². The first-order chi connectivity index (χ1) is 10.5. The van der Waals surface area contributed by atoms with Crippen LogP contribution in [-0.4, -0.2) is 32.6 Å². The van der Waals surface area contributed by atoms with Crippen molar-refractivity contribution in [2.45, 2.75) is 26.2 Å². The Morgan fingerprint density at radius 2 is 1.91 bits per heavy atom. The minimum atomic E-state index is -0.395. The number of carbonyl (C=O) groups is 2. The molecule has 22 heavy (non-hydrogen) atoms. The second-order valence-electron chi connectivity index (χ2n) is 5.29. The van der Waals surface area contributed by atoms with E-state index in [1.54, 1.807) is 21.1 Å². The van der Waals surface area contributed by atoms with E-state index in [1.807, 2.05) is 18.2 Å². The van der Waals surface area contributed by atoms with Crippen LogP contribution >= 0.6 is 0 Å². The van der Waals surface area contributed by atoms with Crippen LogP contribution in [0.2, 0.25) is 0 Å². The normalized spacial score (nSPS) is 16.5. The number of methoxy groups -OCH3 is 2. The van der Waals surface area contributed by atoms with Crippen molar-refractivity contribution in [3.63, 3.8) is 0 Å². The van der Waals surface area contributed by atoms with Crippen LogP contribution < -0.4 is 4.74 Å². The van der Waals surface area contributed by atoms with Crippen LogP contribution in [0.15, 0.2) is 23.8 Å². The van der Waals surface area contributed by atoms with Crippen LogP contribution in [0, 0.1) is 0 Å². The maximum absolute atomic E-state index is 11.6. The summed E-state index contributed by atoms with van der Waals surface area (Å²) < 4.78 is 15.9. The van der Waals surface area contributed by atoms with Gasteiger partial charge >= 0.3 is 5.97 Å². The molecule has 1 atom stereocenters. The summed E-state index contributed by atoms with van der Waals surface area (Å²) >= 11 is 0. The molecule has 2 rings (SSSR count). The van der Waals surface area contributed by atoms with Crippen LogP contribution in [0.5, 0.6) is 5.75 Å². The molecule has 1 aliphatic rings. The van der Waals surface area contributed by atoms with Crippen LogP contribution in [0.4, 0.5) is 0 Å². The van der Waals surface area contributed by atoms with Crippen molar-refractivity contribution < 1.29 is 23.8 Å². The summed E-state index contributed by atoms with van der Waals surface area (Å²) in [6, 6.07) is 5.54. The van der Waals surface area contributed by atoms with Crippen molar-refractivity contribution in [2.24, 2.45) is 0 Å². The summed E-state index contributed by atoms with van der Waals surface area (Å²) in [7, 11) is 3.17. The van der Waals surface area contributed by atoms with Crippen LogP contribution in [0.25, 0.3) is 5.76 Å². The molecule has 0 heterocycles. The van der Waals surface area contributed by atoms with Crippen LogP contribution in [0.1, 0.15) is 37.3 Å². The van der Waals surface area contributed by atoms with Crippen molar-refractivity contribution >= 4 is 17.5 Å². The molecule has 5 nitrogen and oxygen atoms in total. The molecule has 0 radical (unpaired) electrons. The molecule has 1 aliphatic carbocycles. The lowest BCUT2D eigenvalue weighted by Gasteiger charge is -2.15. The van der Waals surface area contributed by atoms with E-state index in [2.05, 4.69) is 0 Å². The first-order valence-electron chi connectivity index (χ1n) is 7.06. The lowest BCUT2D eigenvalue weighted by molar-refractivity contribution is -0.134. The van der Waals surface area contributed by atoms with Crippen LogP contribution in [-0.2, 0) is 19.1 Å². The highest BCUT2D eigenvalue weighted by Gasteiger charge is 2.34. The zero-order valence-electron chi connectivity index (χ0n) is 13.3. The van der Waals surface area contributed by atoms with Crippen molar-refractivity contribution in [1.29, 1.82) is 0 Å². The minimum absolute atomic E-state index is 0.0662. The molecule has 1 aromatic carbocycles. The molecule has 1 aromatic rings. The molecule has 0 aliphatic heterocycles. The Bertz CT molecular complexity index is 630. The van der Waals surface area contributed by atoms with E-state index in [0.29, 0.717) is 24.5 Å². The molecular formula is C17H20O5. The monoisotopic (exact) mass is 304 g/mol. The highest BCUT2D eigenvalue weighted by Crippen LogP contribution is 2.45. The summed E-state index contributed by atoms with van der Waals surface area (Å²) in [5.41, 5.74) is 2.56. The van der Waals surface area contributed by atoms with Gasteiger partial charge in [0.25, 0.3) is 0 Å². The number of fused-ring (bicyclic) bond motifs is 1. The number of hydrogen-bond donors (Lipinski definition) is 0. The Labute approximate surface area is 129 Å². The van der Waals surface area contributed by atoms with Crippen molar-refractivity contribution in [3.05, 3.63) is 34.9 Å². The lowest BCUT2D eigenvalue weighted by Crippen LogP contribution is -2.09. The third-order valence-electron chi connectivity index (χ3n) is 3.63. The molecule has 5 heteroatoms. The minimum Gasteiger partial charge on any atom is -0.497 e. The Balaban J connectivity index is 2.56. The van der Waals surface area contributed by atoms with E-state index in [-0.39, 0.29) is 11.7 Å². The predicted molar refractivity (Wildman–Crippen MR) is 81.6 cm³/mol. The number of Topliss-reactive ketones (excluding diaryl/α,β-unsaturated/α-hetero) is 1. The van der Waals surface area contributed by atoms with Crippen molar-refractivity contribution in [2.75, 3.05) is 20.8 Å². The van der Waals surface area contributed by atoms with Gasteiger partial charge in [-0.3, -0.25) is 9.59 Å². The summed E-state index contributed by atoms with van der Waals surface area (Å²) in [6.45, 7) is 3.21. The van der Waals surface area contributed by atoms with Gasteiger partial charge in [-0.1, -0.05) is 0 Å². The summed E-state index contributed by atoms with van der Waals surface area (Å²) in [5.74, 6) is 0.716. The Kier molecular flexibility index (Phi) is 4.98. The van der Waals surface area contributed by atoms with Crippen molar-refractivity contribution in [1.82, 2.24) is 0 Å². The molecule has 118 valence electrons. The second-order valence-corrected chi connectivity index (χ2v) is 5.29. The number of benzene rings is 1. The molecular weight excluding hydrogens is 284 g/mol. The number of hydrogen-bond acceptors (Lipinski definition) is 5. The first-order valence-corrected chi connectivity index (χ1v) is 7.06. The third-order valence-corrected chi connectivity index (χ3v) is 3.63. The average Bonchev–Trinajstić information content (AvgIpc) is 2.72.